The van der Waals surface area contributed by atoms with Gasteiger partial charge in [-0.2, -0.15) is 0 Å². The molecule has 0 atom stereocenters. The number of aromatic nitrogens is 3. The van der Waals surface area contributed by atoms with E-state index in [0.29, 0.717) is 25.1 Å². The minimum absolute atomic E-state index is 0.0156. The van der Waals surface area contributed by atoms with E-state index in [0.717, 1.165) is 5.56 Å². The molecule has 6 nitrogen and oxygen atoms in total. The van der Waals surface area contributed by atoms with Crippen molar-refractivity contribution >= 4 is 5.97 Å². The van der Waals surface area contributed by atoms with E-state index in [2.05, 4.69) is 10.3 Å². The standard InChI is InChI=1S/C13H14FN3O3/c14-10-4-2-9(3-5-10)8-11-12(13(19)20)15-16-17(11)6-1-7-18/h2-5,18H,1,6-8H2,(H,19,20). The molecule has 0 amide bonds. The van der Waals surface area contributed by atoms with Gasteiger partial charge in [0.25, 0.3) is 0 Å². The smallest absolute Gasteiger partial charge is 0.358 e. The van der Waals surface area contributed by atoms with E-state index in [1.165, 1.54) is 16.8 Å². The van der Waals surface area contributed by atoms with Crippen LogP contribution in [-0.2, 0) is 13.0 Å². The van der Waals surface area contributed by atoms with E-state index in [1.54, 1.807) is 12.1 Å². The molecule has 0 saturated heterocycles. The second kappa shape index (κ2) is 6.25. The molecule has 0 spiro atoms. The Labute approximate surface area is 114 Å². The molecule has 0 radical (unpaired) electrons. The monoisotopic (exact) mass is 279 g/mol. The molecule has 0 aliphatic carbocycles. The molecule has 0 fully saturated rings. The molecule has 106 valence electrons. The molecule has 0 saturated carbocycles. The number of carboxylic acids is 1. The SMILES string of the molecule is O=C(O)c1nnn(CCCO)c1Cc1ccc(F)cc1. The first kappa shape index (κ1) is 14.1. The Balaban J connectivity index is 2.29. The summed E-state index contributed by atoms with van der Waals surface area (Å²) in [5.74, 6) is -1.50. The lowest BCUT2D eigenvalue weighted by atomic mass is 10.1. The largest absolute Gasteiger partial charge is 0.476 e. The fraction of sp³-hybridized carbons (Fsp3) is 0.308. The molecule has 20 heavy (non-hydrogen) atoms. The van der Waals surface area contributed by atoms with Crippen molar-refractivity contribution in [2.45, 2.75) is 19.4 Å². The average Bonchev–Trinajstić information content (AvgIpc) is 2.82. The van der Waals surface area contributed by atoms with Crippen LogP contribution in [0.3, 0.4) is 0 Å². The quantitative estimate of drug-likeness (QED) is 0.826. The van der Waals surface area contributed by atoms with E-state index >= 15 is 0 Å². The number of halogens is 1. The number of hydrogen-bond acceptors (Lipinski definition) is 4. The Morgan fingerprint density at radius 2 is 2.00 bits per heavy atom. The van der Waals surface area contributed by atoms with Crippen LogP contribution in [0, 0.1) is 5.82 Å². The minimum Gasteiger partial charge on any atom is -0.476 e. The summed E-state index contributed by atoms with van der Waals surface area (Å²) in [5.41, 5.74) is 1.09. The zero-order valence-corrected chi connectivity index (χ0v) is 10.7. The zero-order chi connectivity index (χ0) is 14.5. The summed E-state index contributed by atoms with van der Waals surface area (Å²) < 4.78 is 14.3. The van der Waals surface area contributed by atoms with Gasteiger partial charge < -0.3 is 10.2 Å². The molecule has 0 aliphatic rings. The van der Waals surface area contributed by atoms with E-state index in [4.69, 9.17) is 10.2 Å². The third kappa shape index (κ3) is 3.18. The highest BCUT2D eigenvalue weighted by Crippen LogP contribution is 2.14. The number of aliphatic hydroxyl groups is 1. The number of aryl methyl sites for hydroxylation is 1. The van der Waals surface area contributed by atoms with Crippen molar-refractivity contribution in [2.24, 2.45) is 0 Å². The van der Waals surface area contributed by atoms with Crippen molar-refractivity contribution < 1.29 is 19.4 Å². The van der Waals surface area contributed by atoms with Gasteiger partial charge in [-0.15, -0.1) is 5.10 Å². The number of hydrogen-bond donors (Lipinski definition) is 2. The third-order valence-corrected chi connectivity index (χ3v) is 2.85. The van der Waals surface area contributed by atoms with Crippen molar-refractivity contribution in [3.63, 3.8) is 0 Å². The lowest BCUT2D eigenvalue weighted by Crippen LogP contribution is -2.10. The van der Waals surface area contributed by atoms with Gasteiger partial charge in [0, 0.05) is 19.6 Å². The molecule has 1 heterocycles. The lowest BCUT2D eigenvalue weighted by Gasteiger charge is -2.06. The molecule has 0 bridgehead atoms. The second-order valence-electron chi connectivity index (χ2n) is 4.29. The molecule has 2 N–H and O–H groups in total. The minimum atomic E-state index is -1.16. The Bertz CT molecular complexity index is 595. The number of carboxylic acid groups (broad SMARTS) is 1. The second-order valence-corrected chi connectivity index (χ2v) is 4.29. The molecule has 7 heteroatoms. The maximum Gasteiger partial charge on any atom is 0.358 e. The van der Waals surface area contributed by atoms with Crippen molar-refractivity contribution in [3.8, 4) is 0 Å². The molecule has 2 aromatic rings. The summed E-state index contributed by atoms with van der Waals surface area (Å²) in [6.45, 7) is 0.367. The normalized spacial score (nSPS) is 10.7. The van der Waals surface area contributed by atoms with E-state index in [9.17, 15) is 9.18 Å². The molecular weight excluding hydrogens is 265 g/mol. The van der Waals surface area contributed by atoms with Gasteiger partial charge in [-0.3, -0.25) is 0 Å². The summed E-state index contributed by atoms with van der Waals surface area (Å²) >= 11 is 0. The first-order valence-electron chi connectivity index (χ1n) is 6.12. The van der Waals surface area contributed by atoms with Gasteiger partial charge in [-0.1, -0.05) is 17.3 Å². The predicted octanol–water partition coefficient (Wildman–Crippen LogP) is 1.09. The number of benzene rings is 1. The molecule has 1 aromatic carbocycles. The van der Waals surface area contributed by atoms with Crippen LogP contribution in [0.4, 0.5) is 4.39 Å². The molecular formula is C13H14FN3O3. The van der Waals surface area contributed by atoms with Gasteiger partial charge in [-0.25, -0.2) is 13.9 Å². The molecule has 0 aliphatic heterocycles. The predicted molar refractivity (Wildman–Crippen MR) is 67.9 cm³/mol. The topological polar surface area (TPSA) is 88.2 Å². The number of nitrogens with zero attached hydrogens (tertiary/aromatic N) is 3. The van der Waals surface area contributed by atoms with Crippen molar-refractivity contribution in [1.29, 1.82) is 0 Å². The van der Waals surface area contributed by atoms with Gasteiger partial charge in [0.15, 0.2) is 5.69 Å². The fourth-order valence-electron chi connectivity index (χ4n) is 1.87. The summed E-state index contributed by atoms with van der Waals surface area (Å²) in [6, 6.07) is 5.81. The van der Waals surface area contributed by atoms with Gasteiger partial charge in [0.2, 0.25) is 0 Å². The van der Waals surface area contributed by atoms with Crippen LogP contribution in [0.25, 0.3) is 0 Å². The van der Waals surface area contributed by atoms with Crippen LogP contribution in [0.2, 0.25) is 0 Å². The lowest BCUT2D eigenvalue weighted by molar-refractivity contribution is 0.0689. The maximum absolute atomic E-state index is 12.9. The van der Waals surface area contributed by atoms with Crippen LogP contribution in [-0.4, -0.2) is 37.8 Å². The van der Waals surface area contributed by atoms with Crippen LogP contribution in [0.5, 0.6) is 0 Å². The highest BCUT2D eigenvalue weighted by molar-refractivity contribution is 5.86. The van der Waals surface area contributed by atoms with Crippen molar-refractivity contribution in [3.05, 3.63) is 47.0 Å². The Kier molecular flexibility index (Phi) is 4.41. The van der Waals surface area contributed by atoms with E-state index in [1.807, 2.05) is 0 Å². The van der Waals surface area contributed by atoms with Crippen molar-refractivity contribution in [2.75, 3.05) is 6.61 Å². The fourth-order valence-corrected chi connectivity index (χ4v) is 1.87. The van der Waals surface area contributed by atoms with E-state index in [-0.39, 0.29) is 18.1 Å². The van der Waals surface area contributed by atoms with Gasteiger partial charge in [0.1, 0.15) is 5.82 Å². The summed E-state index contributed by atoms with van der Waals surface area (Å²) in [7, 11) is 0. The number of aromatic carboxylic acids is 1. The number of aliphatic hydroxyl groups excluding tert-OH is 1. The molecule has 2 rings (SSSR count). The molecule has 1 aromatic heterocycles. The Morgan fingerprint density at radius 1 is 1.30 bits per heavy atom. The Morgan fingerprint density at radius 3 is 2.60 bits per heavy atom. The zero-order valence-electron chi connectivity index (χ0n) is 10.7. The summed E-state index contributed by atoms with van der Waals surface area (Å²) in [5, 5.41) is 25.4. The average molecular weight is 279 g/mol. The number of rotatable bonds is 6. The van der Waals surface area contributed by atoms with Gasteiger partial charge >= 0.3 is 5.97 Å². The summed E-state index contributed by atoms with van der Waals surface area (Å²) in [4.78, 5) is 11.1. The van der Waals surface area contributed by atoms with Crippen LogP contribution in [0.1, 0.15) is 28.2 Å². The van der Waals surface area contributed by atoms with Crippen LogP contribution < -0.4 is 0 Å². The highest BCUT2D eigenvalue weighted by Gasteiger charge is 2.19. The number of carbonyl (C=O) groups is 1. The van der Waals surface area contributed by atoms with Crippen LogP contribution >= 0.6 is 0 Å². The first-order chi connectivity index (χ1) is 9.61. The van der Waals surface area contributed by atoms with Gasteiger partial charge in [-0.05, 0) is 24.1 Å². The van der Waals surface area contributed by atoms with Crippen LogP contribution in [0.15, 0.2) is 24.3 Å². The van der Waals surface area contributed by atoms with Gasteiger partial charge in [0.05, 0.1) is 5.69 Å². The highest BCUT2D eigenvalue weighted by atomic mass is 19.1. The first-order valence-corrected chi connectivity index (χ1v) is 6.12. The Hall–Kier alpha value is -2.28. The maximum atomic E-state index is 12.9. The third-order valence-electron chi connectivity index (χ3n) is 2.85. The summed E-state index contributed by atoms with van der Waals surface area (Å²) in [6.07, 6.45) is 0.749. The van der Waals surface area contributed by atoms with E-state index < -0.39 is 5.97 Å². The molecule has 0 unspecified atom stereocenters. The van der Waals surface area contributed by atoms with Crippen molar-refractivity contribution in [1.82, 2.24) is 15.0 Å².